The van der Waals surface area contributed by atoms with Gasteiger partial charge in [-0.1, -0.05) is 13.3 Å². The number of piperidine rings is 1. The van der Waals surface area contributed by atoms with E-state index in [0.29, 0.717) is 12.0 Å². The molecule has 0 spiro atoms. The minimum absolute atomic E-state index is 0.106. The minimum atomic E-state index is -0.246. The van der Waals surface area contributed by atoms with E-state index in [4.69, 9.17) is 0 Å². The van der Waals surface area contributed by atoms with Crippen molar-refractivity contribution in [1.29, 1.82) is 0 Å². The lowest BCUT2D eigenvalue weighted by Crippen LogP contribution is -2.49. The molecule has 2 amide bonds. The summed E-state index contributed by atoms with van der Waals surface area (Å²) in [6, 6.07) is 0.480. The second-order valence-electron chi connectivity index (χ2n) is 6.64. The van der Waals surface area contributed by atoms with Crippen molar-refractivity contribution in [2.45, 2.75) is 70.9 Å². The highest BCUT2D eigenvalue weighted by Crippen LogP contribution is 2.27. The second kappa shape index (κ2) is 7.30. The van der Waals surface area contributed by atoms with E-state index in [1.807, 2.05) is 11.8 Å². The molecule has 20 heavy (non-hydrogen) atoms. The van der Waals surface area contributed by atoms with Crippen LogP contribution in [0.3, 0.4) is 0 Å². The number of hydrogen-bond acceptors (Lipinski definition) is 2. The van der Waals surface area contributed by atoms with Crippen LogP contribution in [0.4, 0.5) is 4.79 Å². The number of likely N-dealkylation sites (tertiary alicyclic amines) is 1. The fourth-order valence-corrected chi connectivity index (χ4v) is 3.57. The average molecular weight is 282 g/mol. The Bertz CT molecular complexity index is 304. The standard InChI is InChI=1S/C16H30N2O2/c1-3-13-4-6-15(7-5-13)17-16(20)18-10-8-14(9-11-18)12(2)19/h12-15,19H,3-11H2,1-2H3,(H,17,20). The average Bonchev–Trinajstić information content (AvgIpc) is 2.48. The molecule has 1 aliphatic heterocycles. The molecule has 2 rings (SSSR count). The fourth-order valence-electron chi connectivity index (χ4n) is 3.57. The predicted molar refractivity (Wildman–Crippen MR) is 80.5 cm³/mol. The van der Waals surface area contributed by atoms with Gasteiger partial charge in [0.15, 0.2) is 0 Å². The molecule has 4 heteroatoms. The van der Waals surface area contributed by atoms with Crippen molar-refractivity contribution in [3.05, 3.63) is 0 Å². The van der Waals surface area contributed by atoms with Crippen molar-refractivity contribution in [2.24, 2.45) is 11.8 Å². The van der Waals surface area contributed by atoms with Crippen LogP contribution in [0.1, 0.15) is 58.8 Å². The van der Waals surface area contributed by atoms with E-state index in [1.54, 1.807) is 0 Å². The van der Waals surface area contributed by atoms with Crippen LogP contribution < -0.4 is 5.32 Å². The molecular formula is C16H30N2O2. The summed E-state index contributed by atoms with van der Waals surface area (Å²) in [6.45, 7) is 5.68. The Labute approximate surface area is 122 Å². The summed E-state index contributed by atoms with van der Waals surface area (Å²) in [7, 11) is 0. The number of aliphatic hydroxyl groups excluding tert-OH is 1. The van der Waals surface area contributed by atoms with Gasteiger partial charge in [-0.05, 0) is 57.3 Å². The van der Waals surface area contributed by atoms with Crippen molar-refractivity contribution in [3.8, 4) is 0 Å². The molecule has 0 aromatic heterocycles. The molecule has 0 bridgehead atoms. The van der Waals surface area contributed by atoms with Crippen molar-refractivity contribution in [3.63, 3.8) is 0 Å². The number of nitrogens with zero attached hydrogens (tertiary/aromatic N) is 1. The summed E-state index contributed by atoms with van der Waals surface area (Å²) < 4.78 is 0. The van der Waals surface area contributed by atoms with Gasteiger partial charge >= 0.3 is 6.03 Å². The van der Waals surface area contributed by atoms with Gasteiger partial charge < -0.3 is 15.3 Å². The van der Waals surface area contributed by atoms with Gasteiger partial charge in [-0.25, -0.2) is 4.79 Å². The first-order valence-corrected chi connectivity index (χ1v) is 8.33. The molecule has 1 unspecified atom stereocenters. The Balaban J connectivity index is 1.71. The predicted octanol–water partition coefficient (Wildman–Crippen LogP) is 2.76. The van der Waals surface area contributed by atoms with Gasteiger partial charge in [0, 0.05) is 19.1 Å². The molecule has 2 fully saturated rings. The molecule has 1 saturated heterocycles. The van der Waals surface area contributed by atoms with E-state index in [-0.39, 0.29) is 12.1 Å². The molecule has 0 aromatic rings. The van der Waals surface area contributed by atoms with Crippen molar-refractivity contribution in [2.75, 3.05) is 13.1 Å². The van der Waals surface area contributed by atoms with Gasteiger partial charge in [0.1, 0.15) is 0 Å². The summed E-state index contributed by atoms with van der Waals surface area (Å²) in [5, 5.41) is 12.8. The van der Waals surface area contributed by atoms with E-state index in [2.05, 4.69) is 12.2 Å². The summed E-state index contributed by atoms with van der Waals surface area (Å²) in [5.41, 5.74) is 0. The van der Waals surface area contributed by atoms with Crippen LogP contribution in [0.25, 0.3) is 0 Å². The number of aliphatic hydroxyl groups is 1. The monoisotopic (exact) mass is 282 g/mol. The van der Waals surface area contributed by atoms with Gasteiger partial charge in [0.05, 0.1) is 6.10 Å². The van der Waals surface area contributed by atoms with Crippen LogP contribution in [0.2, 0.25) is 0 Å². The highest BCUT2D eigenvalue weighted by atomic mass is 16.3. The third-order valence-electron chi connectivity index (χ3n) is 5.26. The molecule has 0 aromatic carbocycles. The van der Waals surface area contributed by atoms with Crippen molar-refractivity contribution >= 4 is 6.03 Å². The van der Waals surface area contributed by atoms with E-state index >= 15 is 0 Å². The summed E-state index contributed by atoms with van der Waals surface area (Å²) in [6.07, 6.45) is 7.65. The highest BCUT2D eigenvalue weighted by molar-refractivity contribution is 5.74. The molecule has 2 aliphatic rings. The maximum Gasteiger partial charge on any atom is 0.317 e. The van der Waals surface area contributed by atoms with E-state index in [1.165, 1.54) is 19.3 Å². The normalized spacial score (nSPS) is 30.1. The molecule has 2 N–H and O–H groups in total. The lowest BCUT2D eigenvalue weighted by Gasteiger charge is -2.35. The van der Waals surface area contributed by atoms with Crippen LogP contribution in [0.5, 0.6) is 0 Å². The summed E-state index contributed by atoms with van der Waals surface area (Å²) in [5.74, 6) is 1.23. The van der Waals surface area contributed by atoms with E-state index in [9.17, 15) is 9.90 Å². The number of hydrogen-bond donors (Lipinski definition) is 2. The van der Waals surface area contributed by atoms with Crippen molar-refractivity contribution < 1.29 is 9.90 Å². The number of amides is 2. The van der Waals surface area contributed by atoms with Gasteiger partial charge in [-0.2, -0.15) is 0 Å². The lowest BCUT2D eigenvalue weighted by atomic mass is 9.84. The Morgan fingerprint density at radius 3 is 2.30 bits per heavy atom. The Morgan fingerprint density at radius 2 is 1.80 bits per heavy atom. The van der Waals surface area contributed by atoms with Gasteiger partial charge in [-0.15, -0.1) is 0 Å². The maximum atomic E-state index is 12.2. The molecular weight excluding hydrogens is 252 g/mol. The third kappa shape index (κ3) is 4.11. The SMILES string of the molecule is CCC1CCC(NC(=O)N2CCC(C(C)O)CC2)CC1. The Morgan fingerprint density at radius 1 is 1.20 bits per heavy atom. The highest BCUT2D eigenvalue weighted by Gasteiger charge is 2.27. The number of carbonyl (C=O) groups is 1. The first-order valence-electron chi connectivity index (χ1n) is 8.33. The lowest BCUT2D eigenvalue weighted by molar-refractivity contribution is 0.0788. The zero-order chi connectivity index (χ0) is 14.5. The maximum absolute atomic E-state index is 12.2. The first-order chi connectivity index (χ1) is 9.60. The first kappa shape index (κ1) is 15.6. The molecule has 1 heterocycles. The van der Waals surface area contributed by atoms with Crippen LogP contribution in [-0.4, -0.2) is 41.3 Å². The molecule has 116 valence electrons. The Hall–Kier alpha value is -0.770. The Kier molecular flexibility index (Phi) is 5.70. The second-order valence-corrected chi connectivity index (χ2v) is 6.64. The van der Waals surface area contributed by atoms with Crippen LogP contribution in [0, 0.1) is 11.8 Å². The zero-order valence-corrected chi connectivity index (χ0v) is 13.0. The number of carbonyl (C=O) groups excluding carboxylic acids is 1. The van der Waals surface area contributed by atoms with Crippen LogP contribution >= 0.6 is 0 Å². The quantitative estimate of drug-likeness (QED) is 0.836. The minimum Gasteiger partial charge on any atom is -0.393 e. The molecule has 0 radical (unpaired) electrons. The molecule has 1 atom stereocenters. The van der Waals surface area contributed by atoms with E-state index < -0.39 is 0 Å². The van der Waals surface area contributed by atoms with Crippen LogP contribution in [0.15, 0.2) is 0 Å². The molecule has 4 nitrogen and oxygen atoms in total. The smallest absolute Gasteiger partial charge is 0.317 e. The van der Waals surface area contributed by atoms with E-state index in [0.717, 1.165) is 44.7 Å². The molecule has 1 aliphatic carbocycles. The van der Waals surface area contributed by atoms with Crippen LogP contribution in [-0.2, 0) is 0 Å². The zero-order valence-electron chi connectivity index (χ0n) is 13.0. The summed E-state index contributed by atoms with van der Waals surface area (Å²) in [4.78, 5) is 14.2. The topological polar surface area (TPSA) is 52.6 Å². The number of rotatable bonds is 3. The third-order valence-corrected chi connectivity index (χ3v) is 5.26. The van der Waals surface area contributed by atoms with Gasteiger partial charge in [0.25, 0.3) is 0 Å². The largest absolute Gasteiger partial charge is 0.393 e. The number of urea groups is 1. The molecule has 1 saturated carbocycles. The van der Waals surface area contributed by atoms with Crippen molar-refractivity contribution in [1.82, 2.24) is 10.2 Å². The summed E-state index contributed by atoms with van der Waals surface area (Å²) >= 11 is 0. The fraction of sp³-hybridized carbons (Fsp3) is 0.938. The number of nitrogens with one attached hydrogen (secondary N) is 1. The van der Waals surface area contributed by atoms with Gasteiger partial charge in [0.2, 0.25) is 0 Å². The van der Waals surface area contributed by atoms with Gasteiger partial charge in [-0.3, -0.25) is 0 Å².